The monoisotopic (exact) mass is 598 g/mol. The molecule has 0 saturated heterocycles. The number of hydrogen-bond donors (Lipinski definition) is 1. The number of carbonyl (C=O) groups excluding carboxylic acids is 2. The first-order valence-electron chi connectivity index (χ1n) is 13.9. The number of rotatable bonds is 12. The van der Waals surface area contributed by atoms with Gasteiger partial charge in [0.15, 0.2) is 0 Å². The summed E-state index contributed by atoms with van der Waals surface area (Å²) in [6, 6.07) is 19.1. The molecule has 2 amide bonds. The Morgan fingerprint density at radius 1 is 0.881 bits per heavy atom. The van der Waals surface area contributed by atoms with Gasteiger partial charge in [-0.05, 0) is 36.6 Å². The van der Waals surface area contributed by atoms with Crippen molar-refractivity contribution < 1.29 is 26.8 Å². The summed E-state index contributed by atoms with van der Waals surface area (Å²) in [5.74, 6) is -2.61. The molecular weight excluding hydrogens is 562 g/mol. The maximum Gasteiger partial charge on any atom is 0.304 e. The SMILES string of the molecule is CN(C)S(=O)(=O)N(CC(=O)N(Cc1ccccc1F)[C@H](Cc1ccccc1)C(=O)NC1CCCC1)c1ccccc1F. The van der Waals surface area contributed by atoms with E-state index in [4.69, 9.17) is 0 Å². The molecule has 0 aliphatic heterocycles. The lowest BCUT2D eigenvalue weighted by Crippen LogP contribution is -2.55. The molecule has 1 aliphatic rings. The van der Waals surface area contributed by atoms with E-state index in [1.807, 2.05) is 30.3 Å². The fourth-order valence-corrected chi connectivity index (χ4v) is 6.15. The first-order chi connectivity index (χ1) is 20.1. The average molecular weight is 599 g/mol. The second-order valence-electron chi connectivity index (χ2n) is 10.6. The van der Waals surface area contributed by atoms with Gasteiger partial charge in [-0.1, -0.05) is 73.5 Å². The number of carbonyl (C=O) groups is 2. The summed E-state index contributed by atoms with van der Waals surface area (Å²) in [6.07, 6.45) is 3.69. The van der Waals surface area contributed by atoms with Gasteiger partial charge in [-0.25, -0.2) is 13.1 Å². The molecule has 0 aromatic heterocycles. The Morgan fingerprint density at radius 2 is 1.48 bits per heavy atom. The summed E-state index contributed by atoms with van der Waals surface area (Å²) in [6.45, 7) is -1.11. The Hall–Kier alpha value is -3.83. The van der Waals surface area contributed by atoms with E-state index < -0.39 is 46.2 Å². The summed E-state index contributed by atoms with van der Waals surface area (Å²) in [4.78, 5) is 29.2. The minimum atomic E-state index is -4.34. The highest BCUT2D eigenvalue weighted by molar-refractivity contribution is 7.90. The van der Waals surface area contributed by atoms with Gasteiger partial charge in [0.05, 0.1) is 5.69 Å². The molecule has 1 fully saturated rings. The van der Waals surface area contributed by atoms with E-state index in [0.717, 1.165) is 41.6 Å². The number of nitrogens with zero attached hydrogens (tertiary/aromatic N) is 3. The molecule has 0 bridgehead atoms. The predicted molar refractivity (Wildman–Crippen MR) is 158 cm³/mol. The molecule has 8 nitrogen and oxygen atoms in total. The Morgan fingerprint density at radius 3 is 2.10 bits per heavy atom. The fourth-order valence-electron chi connectivity index (χ4n) is 5.09. The van der Waals surface area contributed by atoms with Crippen LogP contribution >= 0.6 is 0 Å². The van der Waals surface area contributed by atoms with E-state index in [-0.39, 0.29) is 30.3 Å². The second kappa shape index (κ2) is 13.9. The maximum absolute atomic E-state index is 14.9. The lowest BCUT2D eigenvalue weighted by Gasteiger charge is -2.35. The molecular formula is C31H36F2N4O4S. The predicted octanol–water partition coefficient (Wildman–Crippen LogP) is 4.28. The number of amides is 2. The van der Waals surface area contributed by atoms with Crippen LogP contribution in [0.3, 0.4) is 0 Å². The normalized spacial score (nSPS) is 14.5. The van der Waals surface area contributed by atoms with Crippen LogP contribution in [0.4, 0.5) is 14.5 Å². The Kier molecular flexibility index (Phi) is 10.3. The quantitative estimate of drug-likeness (QED) is 0.337. The highest BCUT2D eigenvalue weighted by atomic mass is 32.2. The standard InChI is InChI=1S/C31H36F2N4O4S/c1-35(2)42(40,41)37(28-19-11-10-18-27(28)33)22-30(38)36(21-24-14-6-9-17-26(24)32)29(20-23-12-4-3-5-13-23)31(39)34-25-15-7-8-16-25/h3-6,9-14,17-19,25,29H,7-8,15-16,20-22H2,1-2H3,(H,34,39)/t29-/m1/s1. The van der Waals surface area contributed by atoms with Crippen LogP contribution in [0.1, 0.15) is 36.8 Å². The number of anilines is 1. The molecule has 1 atom stereocenters. The van der Waals surface area contributed by atoms with Crippen LogP contribution < -0.4 is 9.62 Å². The number of para-hydroxylation sites is 1. The summed E-state index contributed by atoms with van der Waals surface area (Å²) in [5.41, 5.74) is 0.605. The van der Waals surface area contributed by atoms with Crippen LogP contribution in [0, 0.1) is 11.6 Å². The third-order valence-electron chi connectivity index (χ3n) is 7.41. The van der Waals surface area contributed by atoms with E-state index in [2.05, 4.69) is 5.32 Å². The molecule has 3 aromatic rings. The minimum absolute atomic E-state index is 0.0507. The van der Waals surface area contributed by atoms with Gasteiger partial charge in [0, 0.05) is 38.7 Å². The zero-order valence-corrected chi connectivity index (χ0v) is 24.6. The van der Waals surface area contributed by atoms with Crippen molar-refractivity contribution in [2.45, 2.75) is 50.7 Å². The molecule has 42 heavy (non-hydrogen) atoms. The van der Waals surface area contributed by atoms with Gasteiger partial charge in [-0.3, -0.25) is 9.59 Å². The van der Waals surface area contributed by atoms with Crippen molar-refractivity contribution in [2.75, 3.05) is 24.9 Å². The lowest BCUT2D eigenvalue weighted by molar-refractivity contribution is -0.140. The number of benzene rings is 3. The second-order valence-corrected chi connectivity index (χ2v) is 12.6. The van der Waals surface area contributed by atoms with E-state index in [1.165, 1.54) is 55.4 Å². The van der Waals surface area contributed by atoms with Gasteiger partial charge in [0.2, 0.25) is 11.8 Å². The Labute approximate surface area is 246 Å². The molecule has 224 valence electrons. The zero-order valence-electron chi connectivity index (χ0n) is 23.7. The van der Waals surface area contributed by atoms with E-state index in [0.29, 0.717) is 4.31 Å². The van der Waals surface area contributed by atoms with Crippen molar-refractivity contribution >= 4 is 27.7 Å². The van der Waals surface area contributed by atoms with E-state index in [9.17, 15) is 26.8 Å². The van der Waals surface area contributed by atoms with Gasteiger partial charge in [0.25, 0.3) is 0 Å². The molecule has 0 radical (unpaired) electrons. The third kappa shape index (κ3) is 7.51. The van der Waals surface area contributed by atoms with Crippen LogP contribution in [0.15, 0.2) is 78.9 Å². The van der Waals surface area contributed by atoms with Crippen molar-refractivity contribution in [3.05, 3.63) is 102 Å². The molecule has 0 spiro atoms. The molecule has 1 saturated carbocycles. The highest BCUT2D eigenvalue weighted by Crippen LogP contribution is 2.25. The van der Waals surface area contributed by atoms with Gasteiger partial charge < -0.3 is 10.2 Å². The molecule has 1 N–H and O–H groups in total. The van der Waals surface area contributed by atoms with Crippen LogP contribution in [0.2, 0.25) is 0 Å². The van der Waals surface area contributed by atoms with Gasteiger partial charge in [-0.15, -0.1) is 0 Å². The smallest absolute Gasteiger partial charge is 0.304 e. The van der Waals surface area contributed by atoms with Gasteiger partial charge >= 0.3 is 10.2 Å². The van der Waals surface area contributed by atoms with Gasteiger partial charge in [0.1, 0.15) is 24.2 Å². The van der Waals surface area contributed by atoms with Crippen molar-refractivity contribution in [2.24, 2.45) is 0 Å². The highest BCUT2D eigenvalue weighted by Gasteiger charge is 2.36. The molecule has 11 heteroatoms. The maximum atomic E-state index is 14.9. The first kappa shape index (κ1) is 31.1. The molecule has 0 unspecified atom stereocenters. The summed E-state index contributed by atoms with van der Waals surface area (Å²) in [7, 11) is -1.79. The van der Waals surface area contributed by atoms with Crippen molar-refractivity contribution in [1.82, 2.24) is 14.5 Å². The molecule has 4 rings (SSSR count). The number of nitrogens with one attached hydrogen (secondary N) is 1. The van der Waals surface area contributed by atoms with Crippen LogP contribution in [-0.4, -0.2) is 62.2 Å². The Bertz CT molecular complexity index is 1480. The summed E-state index contributed by atoms with van der Waals surface area (Å²) >= 11 is 0. The zero-order chi connectivity index (χ0) is 30.3. The summed E-state index contributed by atoms with van der Waals surface area (Å²) < 4.78 is 58.1. The lowest BCUT2D eigenvalue weighted by atomic mass is 10.0. The molecule has 1 aliphatic carbocycles. The van der Waals surface area contributed by atoms with Crippen LogP contribution in [-0.2, 0) is 32.8 Å². The van der Waals surface area contributed by atoms with Gasteiger partial charge in [-0.2, -0.15) is 12.7 Å². The molecule has 0 heterocycles. The van der Waals surface area contributed by atoms with E-state index in [1.54, 1.807) is 6.07 Å². The summed E-state index contributed by atoms with van der Waals surface area (Å²) in [5, 5.41) is 3.05. The van der Waals surface area contributed by atoms with Crippen LogP contribution in [0.5, 0.6) is 0 Å². The number of hydrogen-bond acceptors (Lipinski definition) is 4. The van der Waals surface area contributed by atoms with Crippen molar-refractivity contribution in [3.8, 4) is 0 Å². The van der Waals surface area contributed by atoms with E-state index >= 15 is 0 Å². The fraction of sp³-hybridized carbons (Fsp3) is 0.355. The van der Waals surface area contributed by atoms with Crippen molar-refractivity contribution in [1.29, 1.82) is 0 Å². The first-order valence-corrected chi connectivity index (χ1v) is 15.3. The van der Waals surface area contributed by atoms with Crippen LogP contribution in [0.25, 0.3) is 0 Å². The average Bonchev–Trinajstić information content (AvgIpc) is 3.48. The minimum Gasteiger partial charge on any atom is -0.352 e. The Balaban J connectivity index is 1.77. The largest absolute Gasteiger partial charge is 0.352 e. The molecule has 3 aromatic carbocycles. The third-order valence-corrected chi connectivity index (χ3v) is 9.22. The van der Waals surface area contributed by atoms with Crippen molar-refractivity contribution in [3.63, 3.8) is 0 Å². The number of halogens is 2. The topological polar surface area (TPSA) is 90.0 Å².